The van der Waals surface area contributed by atoms with Crippen molar-refractivity contribution < 1.29 is 9.90 Å². The van der Waals surface area contributed by atoms with Crippen molar-refractivity contribution in [1.82, 2.24) is 0 Å². The lowest BCUT2D eigenvalue weighted by Gasteiger charge is -2.21. The molecule has 0 aliphatic carbocycles. The maximum atomic E-state index is 10.8. The van der Waals surface area contributed by atoms with Crippen LogP contribution in [0.5, 0.6) is 0 Å². The fourth-order valence-corrected chi connectivity index (χ4v) is 1.12. The van der Waals surface area contributed by atoms with Crippen LogP contribution in [-0.2, 0) is 4.79 Å². The third kappa shape index (κ3) is 2.57. The lowest BCUT2D eigenvalue weighted by molar-refractivity contribution is -0.133. The predicted molar refractivity (Wildman–Crippen MR) is 48.6 cm³/mol. The molecule has 0 aliphatic heterocycles. The Kier molecular flexibility index (Phi) is 3.31. The number of carbonyl (C=O) groups is 1. The van der Waals surface area contributed by atoms with Crippen LogP contribution >= 0.6 is 0 Å². The van der Waals surface area contributed by atoms with Gasteiger partial charge in [-0.15, -0.1) is 0 Å². The van der Waals surface area contributed by atoms with E-state index < -0.39 is 5.97 Å². The number of rotatable bonds is 2. The van der Waals surface area contributed by atoms with E-state index in [4.69, 9.17) is 10.8 Å². The summed E-state index contributed by atoms with van der Waals surface area (Å²) in [6, 6.07) is 0. The summed E-state index contributed by atoms with van der Waals surface area (Å²) in [5.41, 5.74) is 6.01. The Morgan fingerprint density at radius 2 is 1.83 bits per heavy atom. The largest absolute Gasteiger partial charge is 0.478 e. The lowest BCUT2D eigenvalue weighted by Crippen LogP contribution is -2.22. The van der Waals surface area contributed by atoms with Gasteiger partial charge in [-0.05, 0) is 11.8 Å². The first-order chi connectivity index (χ1) is 5.30. The van der Waals surface area contributed by atoms with Crippen LogP contribution in [-0.4, -0.2) is 11.1 Å². The molecule has 0 heterocycles. The van der Waals surface area contributed by atoms with Crippen LogP contribution in [0.3, 0.4) is 0 Å². The number of aliphatic carboxylic acids is 1. The molecule has 0 aromatic heterocycles. The third-order valence-corrected chi connectivity index (χ3v) is 1.67. The summed E-state index contributed by atoms with van der Waals surface area (Å²) in [4.78, 5) is 10.8. The van der Waals surface area contributed by atoms with Gasteiger partial charge in [0.2, 0.25) is 0 Å². The Morgan fingerprint density at radius 3 is 1.92 bits per heavy atom. The topological polar surface area (TPSA) is 63.3 Å². The van der Waals surface area contributed by atoms with Gasteiger partial charge in [0.05, 0.1) is 5.57 Å². The fraction of sp³-hybridized carbons (Fsp3) is 0.667. The highest BCUT2D eigenvalue weighted by molar-refractivity contribution is 5.88. The Morgan fingerprint density at radius 1 is 1.42 bits per heavy atom. The Bertz CT molecular complexity index is 211. The first-order valence-corrected chi connectivity index (χ1v) is 4.03. The molecule has 0 aliphatic rings. The van der Waals surface area contributed by atoms with E-state index in [0.29, 0.717) is 17.7 Å². The number of carboxylic acids is 1. The SMILES string of the molecule is CC/C(N)=C(/C(=O)O)C(C)(C)C. The Balaban J connectivity index is 5.07. The highest BCUT2D eigenvalue weighted by Gasteiger charge is 2.25. The van der Waals surface area contributed by atoms with Gasteiger partial charge >= 0.3 is 5.97 Å². The van der Waals surface area contributed by atoms with Gasteiger partial charge in [0.25, 0.3) is 0 Å². The van der Waals surface area contributed by atoms with Crippen LogP contribution in [0.4, 0.5) is 0 Å². The number of hydrogen-bond acceptors (Lipinski definition) is 2. The van der Waals surface area contributed by atoms with Crippen LogP contribution < -0.4 is 5.73 Å². The minimum absolute atomic E-state index is 0.324. The molecule has 12 heavy (non-hydrogen) atoms. The fourth-order valence-electron chi connectivity index (χ4n) is 1.12. The van der Waals surface area contributed by atoms with E-state index in [1.54, 1.807) is 0 Å². The van der Waals surface area contributed by atoms with Crippen molar-refractivity contribution in [1.29, 1.82) is 0 Å². The second-order valence-electron chi connectivity index (χ2n) is 3.81. The lowest BCUT2D eigenvalue weighted by atomic mass is 9.84. The average Bonchev–Trinajstić information content (AvgIpc) is 1.83. The second kappa shape index (κ2) is 3.61. The highest BCUT2D eigenvalue weighted by Crippen LogP contribution is 2.27. The second-order valence-corrected chi connectivity index (χ2v) is 3.81. The molecule has 0 unspecified atom stereocenters. The summed E-state index contributed by atoms with van der Waals surface area (Å²) in [6.07, 6.45) is 0.582. The molecule has 0 rings (SSSR count). The molecule has 3 heteroatoms. The first kappa shape index (κ1) is 11.0. The highest BCUT2D eigenvalue weighted by atomic mass is 16.4. The quantitative estimate of drug-likeness (QED) is 0.622. The van der Waals surface area contributed by atoms with Gasteiger partial charge < -0.3 is 10.8 Å². The maximum Gasteiger partial charge on any atom is 0.333 e. The number of hydrogen-bond donors (Lipinski definition) is 2. The van der Waals surface area contributed by atoms with Crippen molar-refractivity contribution in [2.45, 2.75) is 34.1 Å². The van der Waals surface area contributed by atoms with Gasteiger partial charge in [-0.3, -0.25) is 0 Å². The Hall–Kier alpha value is -0.990. The molecule has 0 radical (unpaired) electrons. The summed E-state index contributed by atoms with van der Waals surface area (Å²) in [5, 5.41) is 8.87. The van der Waals surface area contributed by atoms with Gasteiger partial charge in [0.1, 0.15) is 0 Å². The van der Waals surface area contributed by atoms with E-state index in [2.05, 4.69) is 0 Å². The van der Waals surface area contributed by atoms with E-state index in [9.17, 15) is 4.79 Å². The molecule has 70 valence electrons. The summed E-state index contributed by atoms with van der Waals surface area (Å²) < 4.78 is 0. The molecule has 0 saturated carbocycles. The van der Waals surface area contributed by atoms with Gasteiger partial charge in [0, 0.05) is 5.70 Å². The van der Waals surface area contributed by atoms with Gasteiger partial charge in [-0.1, -0.05) is 27.7 Å². The monoisotopic (exact) mass is 171 g/mol. The minimum atomic E-state index is -0.915. The van der Waals surface area contributed by atoms with Crippen molar-refractivity contribution in [3.63, 3.8) is 0 Å². The number of carboxylic acid groups (broad SMARTS) is 1. The molecule has 3 N–H and O–H groups in total. The molecule has 0 saturated heterocycles. The average molecular weight is 171 g/mol. The molecule has 0 spiro atoms. The molecule has 3 nitrogen and oxygen atoms in total. The van der Waals surface area contributed by atoms with Gasteiger partial charge in [-0.2, -0.15) is 0 Å². The predicted octanol–water partition coefficient (Wildman–Crippen LogP) is 1.74. The van der Waals surface area contributed by atoms with Crippen LogP contribution in [0.2, 0.25) is 0 Å². The summed E-state index contributed by atoms with van der Waals surface area (Å²) in [5.74, 6) is -0.915. The number of nitrogens with two attached hydrogens (primary N) is 1. The molecule has 0 amide bonds. The van der Waals surface area contributed by atoms with Gasteiger partial charge in [-0.25, -0.2) is 4.79 Å². The molecule has 0 atom stereocenters. The summed E-state index contributed by atoms with van der Waals surface area (Å²) >= 11 is 0. The standard InChI is InChI=1S/C9H17NO2/c1-5-6(10)7(8(11)12)9(2,3)4/h5,10H2,1-4H3,(H,11,12)/b7-6+. The van der Waals surface area contributed by atoms with Gasteiger partial charge in [0.15, 0.2) is 0 Å². The smallest absolute Gasteiger partial charge is 0.333 e. The zero-order valence-electron chi connectivity index (χ0n) is 8.14. The maximum absolute atomic E-state index is 10.8. The normalized spacial score (nSPS) is 14.0. The first-order valence-electron chi connectivity index (χ1n) is 4.03. The molecular formula is C9H17NO2. The molecule has 0 aromatic rings. The molecule has 0 fully saturated rings. The van der Waals surface area contributed by atoms with Crippen molar-refractivity contribution in [2.75, 3.05) is 0 Å². The zero-order valence-corrected chi connectivity index (χ0v) is 8.14. The van der Waals surface area contributed by atoms with Crippen LogP contribution in [0.25, 0.3) is 0 Å². The van der Waals surface area contributed by atoms with E-state index in [0.717, 1.165) is 0 Å². The minimum Gasteiger partial charge on any atom is -0.478 e. The van der Waals surface area contributed by atoms with E-state index in [1.807, 2.05) is 27.7 Å². The zero-order chi connectivity index (χ0) is 9.94. The Labute approximate surface area is 73.3 Å². The summed E-state index contributed by atoms with van der Waals surface area (Å²) in [6.45, 7) is 7.39. The van der Waals surface area contributed by atoms with Crippen molar-refractivity contribution in [2.24, 2.45) is 11.1 Å². The van der Waals surface area contributed by atoms with Crippen molar-refractivity contribution in [3.05, 3.63) is 11.3 Å². The molecule has 0 aromatic carbocycles. The third-order valence-electron chi connectivity index (χ3n) is 1.67. The van der Waals surface area contributed by atoms with E-state index in [1.165, 1.54) is 0 Å². The summed E-state index contributed by atoms with van der Waals surface area (Å²) in [7, 11) is 0. The van der Waals surface area contributed by atoms with Crippen LogP contribution in [0.1, 0.15) is 34.1 Å². The number of allylic oxidation sites excluding steroid dienone is 1. The van der Waals surface area contributed by atoms with Crippen molar-refractivity contribution >= 4 is 5.97 Å². The molecule has 0 bridgehead atoms. The van der Waals surface area contributed by atoms with Crippen LogP contribution in [0, 0.1) is 5.41 Å². The van der Waals surface area contributed by atoms with Crippen molar-refractivity contribution in [3.8, 4) is 0 Å². The van der Waals surface area contributed by atoms with E-state index >= 15 is 0 Å². The van der Waals surface area contributed by atoms with Crippen LogP contribution in [0.15, 0.2) is 11.3 Å². The molecular weight excluding hydrogens is 154 g/mol. The van der Waals surface area contributed by atoms with E-state index in [-0.39, 0.29) is 5.41 Å².